The maximum atomic E-state index is 7.04. The van der Waals surface area contributed by atoms with E-state index in [1.54, 1.807) is 0 Å². The molecule has 22 aromatic rings. The second-order valence-electron chi connectivity index (χ2n) is 27.0. The monoisotopic (exact) mass is 1300 g/mol. The highest BCUT2D eigenvalue weighted by Gasteiger charge is 2.24. The van der Waals surface area contributed by atoms with Gasteiger partial charge in [-0.2, -0.15) is 0 Å². The molecule has 22 rings (SSSR count). The first kappa shape index (κ1) is 56.3. The van der Waals surface area contributed by atoms with Crippen molar-refractivity contribution >= 4 is 131 Å². The van der Waals surface area contributed by atoms with Crippen LogP contribution in [0.15, 0.2) is 361 Å². The van der Waals surface area contributed by atoms with Crippen molar-refractivity contribution in [2.75, 3.05) is 0 Å². The van der Waals surface area contributed by atoms with Crippen molar-refractivity contribution in [3.63, 3.8) is 0 Å². The number of furan rings is 2. The summed E-state index contributed by atoms with van der Waals surface area (Å²) >= 11 is 0. The van der Waals surface area contributed by atoms with Crippen LogP contribution >= 0.6 is 0 Å². The van der Waals surface area contributed by atoms with Crippen LogP contribution in [0.25, 0.3) is 209 Å². The molecule has 0 amide bonds. The number of rotatable bonds is 9. The summed E-state index contributed by atoms with van der Waals surface area (Å²) in [6.07, 6.45) is 0. The van der Waals surface area contributed by atoms with Gasteiger partial charge < -0.3 is 27.1 Å². The van der Waals surface area contributed by atoms with Crippen LogP contribution < -0.4 is 0 Å². The van der Waals surface area contributed by atoms with E-state index < -0.39 is 0 Å². The molecular formula is C96H58N4O2. The minimum atomic E-state index is 0.829. The van der Waals surface area contributed by atoms with Gasteiger partial charge in [0.05, 0.1) is 49.8 Å². The zero-order valence-corrected chi connectivity index (χ0v) is 55.1. The van der Waals surface area contributed by atoms with Gasteiger partial charge in [-0.25, -0.2) is 0 Å². The fourth-order valence-corrected chi connectivity index (χ4v) is 17.1. The van der Waals surface area contributed by atoms with Crippen LogP contribution in [-0.4, -0.2) is 18.3 Å². The van der Waals surface area contributed by atoms with E-state index in [0.717, 1.165) is 122 Å². The lowest BCUT2D eigenvalue weighted by molar-refractivity contribution is 0.669. The van der Waals surface area contributed by atoms with Crippen molar-refractivity contribution in [3.8, 4) is 78.4 Å². The Morgan fingerprint density at radius 3 is 1.20 bits per heavy atom. The molecule has 0 aliphatic heterocycles. The quantitative estimate of drug-likeness (QED) is 0.145. The molecule has 0 spiro atoms. The molecule has 0 aliphatic carbocycles. The highest BCUT2D eigenvalue weighted by molar-refractivity contribution is 6.20. The lowest BCUT2D eigenvalue weighted by Crippen LogP contribution is -1.97. The molecule has 0 atom stereocenters. The highest BCUT2D eigenvalue weighted by Crippen LogP contribution is 2.47. The van der Waals surface area contributed by atoms with Crippen LogP contribution in [0.4, 0.5) is 0 Å². The summed E-state index contributed by atoms with van der Waals surface area (Å²) in [5.74, 6) is 0. The molecule has 0 unspecified atom stereocenters. The van der Waals surface area contributed by atoms with Gasteiger partial charge in [0.1, 0.15) is 22.3 Å². The Bertz CT molecular complexity index is 7250. The molecule has 0 aliphatic rings. The second kappa shape index (κ2) is 21.9. The Morgan fingerprint density at radius 2 is 0.578 bits per heavy atom. The summed E-state index contributed by atoms with van der Waals surface area (Å²) < 4.78 is 23.7. The van der Waals surface area contributed by atoms with Crippen molar-refractivity contribution in [3.05, 3.63) is 352 Å². The highest BCUT2D eigenvalue weighted by atomic mass is 16.3. The Morgan fingerprint density at radius 1 is 0.176 bits per heavy atom. The number of benzene rings is 16. The first-order valence-electron chi connectivity index (χ1n) is 35.0. The van der Waals surface area contributed by atoms with Gasteiger partial charge in [0, 0.05) is 92.8 Å². The molecule has 16 aromatic carbocycles. The van der Waals surface area contributed by atoms with Crippen molar-refractivity contribution in [2.24, 2.45) is 0 Å². The molecule has 474 valence electrons. The average molecular weight is 1300 g/mol. The van der Waals surface area contributed by atoms with Crippen LogP contribution in [0.5, 0.6) is 0 Å². The molecule has 0 radical (unpaired) electrons. The van der Waals surface area contributed by atoms with Gasteiger partial charge in [-0.15, -0.1) is 0 Å². The third-order valence-electron chi connectivity index (χ3n) is 21.5. The molecule has 0 saturated heterocycles. The van der Waals surface area contributed by atoms with E-state index in [1.807, 2.05) is 0 Å². The van der Waals surface area contributed by atoms with Crippen LogP contribution in [0.1, 0.15) is 0 Å². The number of nitrogens with zero attached hydrogens (tertiary/aromatic N) is 4. The van der Waals surface area contributed by atoms with E-state index >= 15 is 0 Å². The van der Waals surface area contributed by atoms with Gasteiger partial charge in [-0.05, 0) is 178 Å². The Labute approximate surface area is 584 Å². The topological polar surface area (TPSA) is 46.0 Å². The lowest BCUT2D eigenvalue weighted by atomic mass is 9.95. The van der Waals surface area contributed by atoms with Crippen molar-refractivity contribution in [1.82, 2.24) is 18.3 Å². The first-order chi connectivity index (χ1) is 50.6. The van der Waals surface area contributed by atoms with Gasteiger partial charge in [0.15, 0.2) is 0 Å². The second-order valence-corrected chi connectivity index (χ2v) is 27.0. The van der Waals surface area contributed by atoms with Crippen molar-refractivity contribution < 1.29 is 8.83 Å². The Kier molecular flexibility index (Phi) is 12.1. The SMILES string of the molecule is c1ccc(-n2c3ccccc3c3ccc(-c4cccc5c4c4ccccc4n5-c4cccc(-c5cc(-c6ccc7c(c6)oc6cc(-c8ccccc8-n8c9ccccc9c9c(-c%10ccc%11c%12ccccc%12n(-c%12ccccc%12)c%11c%10)cccc98)ccc67)cc6c5oc5ccccc56)c4)cc32)cc1. The molecule has 6 aromatic heterocycles. The van der Waals surface area contributed by atoms with Crippen molar-refractivity contribution in [1.29, 1.82) is 0 Å². The van der Waals surface area contributed by atoms with Crippen molar-refractivity contribution in [2.45, 2.75) is 0 Å². The molecule has 0 saturated carbocycles. The minimum absolute atomic E-state index is 0.829. The predicted octanol–water partition coefficient (Wildman–Crippen LogP) is 26.2. The summed E-state index contributed by atoms with van der Waals surface area (Å²) in [5, 5.41) is 14.1. The van der Waals surface area contributed by atoms with E-state index in [1.165, 1.54) is 87.4 Å². The summed E-state index contributed by atoms with van der Waals surface area (Å²) in [7, 11) is 0. The zero-order chi connectivity index (χ0) is 66.7. The summed E-state index contributed by atoms with van der Waals surface area (Å²) in [6, 6.07) is 128. The molecule has 6 heterocycles. The third kappa shape index (κ3) is 8.35. The van der Waals surface area contributed by atoms with E-state index in [0.29, 0.717) is 0 Å². The number of hydrogen-bond donors (Lipinski definition) is 0. The maximum absolute atomic E-state index is 7.04. The third-order valence-corrected chi connectivity index (χ3v) is 21.5. The smallest absolute Gasteiger partial charge is 0.143 e. The molecule has 6 heteroatoms. The normalized spacial score (nSPS) is 12.1. The van der Waals surface area contributed by atoms with Crippen LogP contribution in [0.3, 0.4) is 0 Å². The van der Waals surface area contributed by atoms with E-state index in [4.69, 9.17) is 8.83 Å². The van der Waals surface area contributed by atoms with Crippen LogP contribution in [-0.2, 0) is 0 Å². The Balaban J connectivity index is 0.644. The molecule has 0 N–H and O–H groups in total. The molecule has 0 bridgehead atoms. The van der Waals surface area contributed by atoms with Gasteiger partial charge in [0.2, 0.25) is 0 Å². The number of para-hydroxylation sites is 8. The standard InChI is InChI=1S/C96H58N4O2/c1-3-23-65(24-4-1)97-83-37-14-8-29-71(83)73-48-45-61(55-89(73)97)69-34-20-41-87-94(69)78-32-10-16-39-85(78)99(87)67-27-19-22-60(52-67)80-53-64(54-81-75-31-12-18-43-91(75)102-96(80)81)59-44-50-76-77-51-47-63(58-93(77)101-92(76)57-59)68-28-7-13-36-82(68)100-86-40-17-11-33-79(86)95-70(35-21-42-88(95)100)62-46-49-74-72-30-9-15-38-84(72)98(90(74)56-62)66-25-5-2-6-26-66/h1-58H. The fraction of sp³-hybridized carbons (Fsp3) is 0. The van der Waals surface area contributed by atoms with Gasteiger partial charge in [0.25, 0.3) is 0 Å². The minimum Gasteiger partial charge on any atom is -0.456 e. The molecule has 0 fully saturated rings. The zero-order valence-electron chi connectivity index (χ0n) is 55.1. The van der Waals surface area contributed by atoms with Crippen LogP contribution in [0, 0.1) is 0 Å². The Hall–Kier alpha value is -13.7. The summed E-state index contributed by atoms with van der Waals surface area (Å²) in [4.78, 5) is 0. The molecule has 6 nitrogen and oxygen atoms in total. The van der Waals surface area contributed by atoms with Gasteiger partial charge in [-0.3, -0.25) is 0 Å². The largest absolute Gasteiger partial charge is 0.456 e. The summed E-state index contributed by atoms with van der Waals surface area (Å²) in [5.41, 5.74) is 28.2. The van der Waals surface area contributed by atoms with Gasteiger partial charge in [-0.1, -0.05) is 218 Å². The fourth-order valence-electron chi connectivity index (χ4n) is 17.1. The number of hydrogen-bond acceptors (Lipinski definition) is 2. The predicted molar refractivity (Wildman–Crippen MR) is 426 cm³/mol. The molecule has 102 heavy (non-hydrogen) atoms. The van der Waals surface area contributed by atoms with Crippen LogP contribution in [0.2, 0.25) is 0 Å². The summed E-state index contributed by atoms with van der Waals surface area (Å²) in [6.45, 7) is 0. The maximum Gasteiger partial charge on any atom is 0.143 e. The number of fused-ring (bicyclic) bond motifs is 18. The lowest BCUT2D eigenvalue weighted by Gasteiger charge is -2.14. The van der Waals surface area contributed by atoms with E-state index in [9.17, 15) is 0 Å². The first-order valence-corrected chi connectivity index (χ1v) is 35.0. The van der Waals surface area contributed by atoms with E-state index in [-0.39, 0.29) is 0 Å². The van der Waals surface area contributed by atoms with E-state index in [2.05, 4.69) is 370 Å². The molecular weight excluding hydrogens is 1240 g/mol. The number of aromatic nitrogens is 4. The average Bonchev–Trinajstić information content (AvgIpc) is 1.57. The van der Waals surface area contributed by atoms with Gasteiger partial charge >= 0.3 is 0 Å².